The van der Waals surface area contributed by atoms with Crippen molar-refractivity contribution in [1.29, 1.82) is 0 Å². The molecule has 0 aliphatic carbocycles. The fraction of sp³-hybridized carbons (Fsp3) is 0.125. The molecule has 7 heteroatoms. The van der Waals surface area contributed by atoms with Crippen molar-refractivity contribution in [3.8, 4) is 17.1 Å². The maximum atomic E-state index is 12.9. The number of furan rings is 1. The van der Waals surface area contributed by atoms with E-state index in [0.717, 1.165) is 11.3 Å². The number of carbonyl (C=O) groups is 2. The number of nitrogens with zero attached hydrogens (tertiary/aromatic N) is 2. The molecule has 31 heavy (non-hydrogen) atoms. The van der Waals surface area contributed by atoms with E-state index in [9.17, 15) is 9.59 Å². The normalized spacial score (nSPS) is 10.6. The number of amides is 2. The first kappa shape index (κ1) is 20.2. The lowest BCUT2D eigenvalue weighted by Crippen LogP contribution is -2.35. The van der Waals surface area contributed by atoms with Gasteiger partial charge in [-0.1, -0.05) is 35.9 Å². The Morgan fingerprint density at radius 1 is 0.903 bits per heavy atom. The van der Waals surface area contributed by atoms with Crippen LogP contribution in [0.15, 0.2) is 83.5 Å². The number of hydrogen-bond donors (Lipinski definition) is 2. The van der Waals surface area contributed by atoms with Crippen molar-refractivity contribution in [1.82, 2.24) is 20.4 Å². The Labute approximate surface area is 179 Å². The summed E-state index contributed by atoms with van der Waals surface area (Å²) >= 11 is 0. The van der Waals surface area contributed by atoms with E-state index in [4.69, 9.17) is 4.42 Å². The van der Waals surface area contributed by atoms with Gasteiger partial charge in [0.25, 0.3) is 11.8 Å². The predicted octanol–water partition coefficient (Wildman–Crippen LogP) is 3.60. The summed E-state index contributed by atoms with van der Waals surface area (Å²) in [6.45, 7) is 2.53. The van der Waals surface area contributed by atoms with Gasteiger partial charge in [-0.25, -0.2) is 4.68 Å². The number of benzene rings is 2. The van der Waals surface area contributed by atoms with E-state index in [0.29, 0.717) is 29.3 Å². The van der Waals surface area contributed by atoms with Crippen LogP contribution in [0, 0.1) is 6.92 Å². The molecule has 0 fully saturated rings. The molecule has 0 spiro atoms. The van der Waals surface area contributed by atoms with Crippen molar-refractivity contribution in [2.24, 2.45) is 0 Å². The number of nitrogens with one attached hydrogen (secondary N) is 2. The highest BCUT2D eigenvalue weighted by atomic mass is 16.3. The molecule has 2 N–H and O–H groups in total. The van der Waals surface area contributed by atoms with Crippen LogP contribution in [0.5, 0.6) is 0 Å². The largest absolute Gasteiger partial charge is 0.463 e. The number of para-hydroxylation sites is 1. The molecule has 2 aromatic carbocycles. The summed E-state index contributed by atoms with van der Waals surface area (Å²) < 4.78 is 7.01. The molecule has 0 radical (unpaired) electrons. The van der Waals surface area contributed by atoms with Crippen LogP contribution < -0.4 is 10.6 Å². The van der Waals surface area contributed by atoms with Gasteiger partial charge in [-0.2, -0.15) is 5.10 Å². The third kappa shape index (κ3) is 4.72. The molecule has 0 saturated heterocycles. The van der Waals surface area contributed by atoms with E-state index in [1.54, 1.807) is 35.2 Å². The van der Waals surface area contributed by atoms with Gasteiger partial charge in [0, 0.05) is 24.7 Å². The highest BCUT2D eigenvalue weighted by molar-refractivity contribution is 5.95. The lowest BCUT2D eigenvalue weighted by Gasteiger charge is -2.09. The molecule has 0 aliphatic heterocycles. The fourth-order valence-electron chi connectivity index (χ4n) is 3.18. The molecule has 2 heterocycles. The molecule has 0 atom stereocenters. The molecule has 156 valence electrons. The summed E-state index contributed by atoms with van der Waals surface area (Å²) in [5, 5.41) is 10.2. The standard InChI is InChI=1S/C24H22N4O3/c1-17-7-5-8-18(15-17)23(29)25-12-13-26-24(30)21-16-20(22-11-6-14-31-22)27-28(21)19-9-3-2-4-10-19/h2-11,14-16H,12-13H2,1H3,(H,25,29)(H,26,30). The molecule has 4 rings (SSSR count). The van der Waals surface area contributed by atoms with Gasteiger partial charge in [0.15, 0.2) is 5.76 Å². The Bertz CT molecular complexity index is 1180. The van der Waals surface area contributed by atoms with Gasteiger partial charge < -0.3 is 15.1 Å². The zero-order chi connectivity index (χ0) is 21.6. The van der Waals surface area contributed by atoms with Crippen molar-refractivity contribution < 1.29 is 14.0 Å². The Balaban J connectivity index is 1.43. The fourth-order valence-corrected chi connectivity index (χ4v) is 3.18. The third-order valence-electron chi connectivity index (χ3n) is 4.69. The SMILES string of the molecule is Cc1cccc(C(=O)NCCNC(=O)c2cc(-c3ccco3)nn2-c2ccccc2)c1. The van der Waals surface area contributed by atoms with Gasteiger partial charge in [0.1, 0.15) is 11.4 Å². The number of aryl methyl sites for hydroxylation is 1. The Kier molecular flexibility index (Phi) is 5.93. The predicted molar refractivity (Wildman–Crippen MR) is 117 cm³/mol. The van der Waals surface area contributed by atoms with Crippen LogP contribution in [-0.2, 0) is 0 Å². The van der Waals surface area contributed by atoms with Gasteiger partial charge in [0.2, 0.25) is 0 Å². The van der Waals surface area contributed by atoms with Gasteiger partial charge in [-0.3, -0.25) is 9.59 Å². The van der Waals surface area contributed by atoms with Crippen molar-refractivity contribution in [2.45, 2.75) is 6.92 Å². The van der Waals surface area contributed by atoms with E-state index in [-0.39, 0.29) is 18.4 Å². The summed E-state index contributed by atoms with van der Waals surface area (Å²) in [5.41, 5.74) is 3.31. The minimum Gasteiger partial charge on any atom is -0.463 e. The maximum Gasteiger partial charge on any atom is 0.270 e. The molecule has 0 saturated carbocycles. The van der Waals surface area contributed by atoms with Crippen LogP contribution in [0.1, 0.15) is 26.4 Å². The van der Waals surface area contributed by atoms with E-state index in [1.807, 2.05) is 55.5 Å². The Hall–Kier alpha value is -4.13. The lowest BCUT2D eigenvalue weighted by atomic mass is 10.1. The van der Waals surface area contributed by atoms with Crippen LogP contribution in [0.4, 0.5) is 0 Å². The smallest absolute Gasteiger partial charge is 0.270 e. The van der Waals surface area contributed by atoms with Crippen LogP contribution in [0.3, 0.4) is 0 Å². The molecular formula is C24H22N4O3. The van der Waals surface area contributed by atoms with E-state index in [1.165, 1.54) is 0 Å². The average Bonchev–Trinajstić information content (AvgIpc) is 3.47. The molecule has 7 nitrogen and oxygen atoms in total. The number of aromatic nitrogens is 2. The summed E-state index contributed by atoms with van der Waals surface area (Å²) in [6, 6.07) is 22.0. The second-order valence-electron chi connectivity index (χ2n) is 7.02. The summed E-state index contributed by atoms with van der Waals surface area (Å²) in [5.74, 6) is 0.112. The summed E-state index contributed by atoms with van der Waals surface area (Å²) in [7, 11) is 0. The van der Waals surface area contributed by atoms with E-state index < -0.39 is 0 Å². The first-order valence-corrected chi connectivity index (χ1v) is 9.94. The minimum absolute atomic E-state index is 0.174. The van der Waals surface area contributed by atoms with Crippen LogP contribution in [0.25, 0.3) is 17.1 Å². The van der Waals surface area contributed by atoms with Crippen molar-refractivity contribution in [3.63, 3.8) is 0 Å². The van der Waals surface area contributed by atoms with Crippen LogP contribution in [0.2, 0.25) is 0 Å². The highest BCUT2D eigenvalue weighted by Gasteiger charge is 2.18. The summed E-state index contributed by atoms with van der Waals surface area (Å²) in [4.78, 5) is 25.1. The highest BCUT2D eigenvalue weighted by Crippen LogP contribution is 2.22. The zero-order valence-corrected chi connectivity index (χ0v) is 17.0. The molecular weight excluding hydrogens is 392 g/mol. The van der Waals surface area contributed by atoms with Crippen molar-refractivity contribution >= 4 is 11.8 Å². The topological polar surface area (TPSA) is 89.2 Å². The second-order valence-corrected chi connectivity index (χ2v) is 7.02. The quantitative estimate of drug-likeness (QED) is 0.452. The van der Waals surface area contributed by atoms with Crippen LogP contribution >= 0.6 is 0 Å². The number of hydrogen-bond acceptors (Lipinski definition) is 4. The van der Waals surface area contributed by atoms with Crippen molar-refractivity contribution in [2.75, 3.05) is 13.1 Å². The van der Waals surface area contributed by atoms with E-state index in [2.05, 4.69) is 15.7 Å². The Morgan fingerprint density at radius 3 is 2.39 bits per heavy atom. The first-order chi connectivity index (χ1) is 15.1. The third-order valence-corrected chi connectivity index (χ3v) is 4.69. The van der Waals surface area contributed by atoms with Gasteiger partial charge in [0.05, 0.1) is 12.0 Å². The monoisotopic (exact) mass is 414 g/mol. The number of rotatable bonds is 7. The molecule has 0 unspecified atom stereocenters. The van der Waals surface area contributed by atoms with E-state index >= 15 is 0 Å². The Morgan fingerprint density at radius 2 is 1.68 bits per heavy atom. The lowest BCUT2D eigenvalue weighted by molar-refractivity contribution is 0.0923. The molecule has 4 aromatic rings. The first-order valence-electron chi connectivity index (χ1n) is 9.94. The molecule has 2 amide bonds. The second kappa shape index (κ2) is 9.13. The maximum absolute atomic E-state index is 12.9. The average molecular weight is 414 g/mol. The molecule has 0 bridgehead atoms. The number of carbonyl (C=O) groups excluding carboxylic acids is 2. The minimum atomic E-state index is -0.293. The summed E-state index contributed by atoms with van der Waals surface area (Å²) in [6.07, 6.45) is 1.56. The van der Waals surface area contributed by atoms with Gasteiger partial charge >= 0.3 is 0 Å². The van der Waals surface area contributed by atoms with Crippen molar-refractivity contribution in [3.05, 3.63) is 95.9 Å². The van der Waals surface area contributed by atoms with Gasteiger partial charge in [-0.15, -0.1) is 0 Å². The van der Waals surface area contributed by atoms with Crippen LogP contribution in [-0.4, -0.2) is 34.7 Å². The zero-order valence-electron chi connectivity index (χ0n) is 17.0. The van der Waals surface area contributed by atoms with Gasteiger partial charge in [-0.05, 0) is 43.3 Å². The molecule has 0 aliphatic rings. The molecule has 2 aromatic heterocycles.